The zero-order valence-corrected chi connectivity index (χ0v) is 14.9. The van der Waals surface area contributed by atoms with E-state index >= 15 is 0 Å². The van der Waals surface area contributed by atoms with Crippen molar-refractivity contribution in [3.05, 3.63) is 6.07 Å². The van der Waals surface area contributed by atoms with E-state index in [-0.39, 0.29) is 0 Å². The highest BCUT2D eigenvalue weighted by atomic mass is 32.2. The van der Waals surface area contributed by atoms with Gasteiger partial charge in [-0.3, -0.25) is 0 Å². The van der Waals surface area contributed by atoms with Crippen LogP contribution in [0.4, 0.5) is 10.9 Å². The molecule has 0 unspecified atom stereocenters. The van der Waals surface area contributed by atoms with Gasteiger partial charge >= 0.3 is 0 Å². The Morgan fingerprint density at radius 2 is 2.10 bits per heavy atom. The Kier molecular flexibility index (Phi) is 6.07. The number of anilines is 2. The zero-order chi connectivity index (χ0) is 15.2. The average Bonchev–Trinajstić information content (AvgIpc) is 2.93. The predicted octanol–water partition coefficient (Wildman–Crippen LogP) is 3.09. The summed E-state index contributed by atoms with van der Waals surface area (Å²) in [6, 6.07) is 1.96. The van der Waals surface area contributed by atoms with Gasteiger partial charge in [0.05, 0.1) is 0 Å². The summed E-state index contributed by atoms with van der Waals surface area (Å²) in [7, 11) is 3.91. The molecule has 0 radical (unpaired) electrons. The van der Waals surface area contributed by atoms with Crippen LogP contribution in [0, 0.1) is 0 Å². The molecule has 0 aliphatic carbocycles. The predicted molar refractivity (Wildman–Crippen MR) is 91.0 cm³/mol. The first-order valence-electron chi connectivity index (χ1n) is 6.48. The first-order chi connectivity index (χ1) is 10.1. The van der Waals surface area contributed by atoms with Crippen molar-refractivity contribution in [2.45, 2.75) is 27.9 Å². The van der Waals surface area contributed by atoms with E-state index in [0.717, 1.165) is 38.4 Å². The maximum absolute atomic E-state index is 4.51. The molecule has 9 heteroatoms. The first-order valence-corrected chi connectivity index (χ1v) is 9.33. The molecule has 1 N–H and O–H groups in total. The normalized spacial score (nSPS) is 10.7. The molecule has 2 aromatic rings. The van der Waals surface area contributed by atoms with Gasteiger partial charge < -0.3 is 10.2 Å². The Hall–Kier alpha value is -1.06. The largest absolute Gasteiger partial charge is 0.370 e. The molecule has 114 valence electrons. The highest BCUT2D eigenvalue weighted by Crippen LogP contribution is 2.33. The van der Waals surface area contributed by atoms with Crippen LogP contribution >= 0.6 is 34.9 Å². The minimum absolute atomic E-state index is 0.760. The molecule has 2 rings (SSSR count). The fraction of sp³-hybridized carbons (Fsp3) is 0.500. The second-order valence-corrected chi connectivity index (χ2v) is 7.35. The monoisotopic (exact) mass is 342 g/mol. The molecule has 6 nitrogen and oxygen atoms in total. The molecule has 0 fully saturated rings. The fourth-order valence-electron chi connectivity index (χ4n) is 1.40. The summed E-state index contributed by atoms with van der Waals surface area (Å²) in [6.45, 7) is 3.03. The molecule has 0 atom stereocenters. The number of thioether (sulfide) groups is 1. The van der Waals surface area contributed by atoms with E-state index in [1.807, 2.05) is 31.3 Å². The molecule has 0 bridgehead atoms. The minimum atomic E-state index is 0.760. The molecular formula is C12H18N6S3. The Bertz CT molecular complexity index is 586. The van der Waals surface area contributed by atoms with Gasteiger partial charge in [-0.25, -0.2) is 9.97 Å². The topological polar surface area (TPSA) is 66.8 Å². The molecule has 2 heterocycles. The quantitative estimate of drug-likeness (QED) is 0.468. The van der Waals surface area contributed by atoms with Gasteiger partial charge in [0.2, 0.25) is 5.13 Å². The summed E-state index contributed by atoms with van der Waals surface area (Å²) in [5.74, 6) is 0.857. The Morgan fingerprint density at radius 1 is 1.29 bits per heavy atom. The van der Waals surface area contributed by atoms with Crippen LogP contribution in [0.2, 0.25) is 0 Å². The average molecular weight is 343 g/mol. The molecule has 0 saturated heterocycles. The molecule has 21 heavy (non-hydrogen) atoms. The number of aromatic nitrogens is 4. The van der Waals surface area contributed by atoms with Crippen molar-refractivity contribution in [1.29, 1.82) is 0 Å². The number of hydrogen-bond acceptors (Lipinski definition) is 9. The molecule has 0 aliphatic heterocycles. The van der Waals surface area contributed by atoms with E-state index in [1.165, 1.54) is 23.5 Å². The lowest BCUT2D eigenvalue weighted by Crippen LogP contribution is -2.07. The number of nitrogens with zero attached hydrogens (tertiary/aromatic N) is 5. The van der Waals surface area contributed by atoms with Crippen LogP contribution in [-0.4, -0.2) is 47.1 Å². The van der Waals surface area contributed by atoms with Gasteiger partial charge in [-0.05, 0) is 24.4 Å². The lowest BCUT2D eigenvalue weighted by atomic mass is 10.4. The summed E-state index contributed by atoms with van der Waals surface area (Å²) >= 11 is 4.60. The van der Waals surface area contributed by atoms with Crippen molar-refractivity contribution in [3.63, 3.8) is 0 Å². The Balaban J connectivity index is 2.17. The van der Waals surface area contributed by atoms with Gasteiger partial charge in [-0.1, -0.05) is 30.0 Å². The summed E-state index contributed by atoms with van der Waals surface area (Å²) in [5.41, 5.74) is 0. The third kappa shape index (κ3) is 4.72. The van der Waals surface area contributed by atoms with Crippen molar-refractivity contribution in [2.75, 3.05) is 37.1 Å². The molecule has 0 spiro atoms. The Morgan fingerprint density at radius 3 is 2.71 bits per heavy atom. The number of rotatable bonds is 7. The van der Waals surface area contributed by atoms with E-state index in [1.54, 1.807) is 11.3 Å². The van der Waals surface area contributed by atoms with E-state index in [9.17, 15) is 0 Å². The van der Waals surface area contributed by atoms with Crippen LogP contribution in [0.15, 0.2) is 20.6 Å². The second-order valence-electron chi connectivity index (χ2n) is 4.35. The van der Waals surface area contributed by atoms with Crippen LogP contribution < -0.4 is 10.2 Å². The van der Waals surface area contributed by atoms with Gasteiger partial charge in [0.1, 0.15) is 10.8 Å². The maximum Gasteiger partial charge on any atom is 0.208 e. The van der Waals surface area contributed by atoms with Gasteiger partial charge in [0, 0.05) is 26.7 Å². The Labute approximate surface area is 137 Å². The third-order valence-electron chi connectivity index (χ3n) is 2.39. The van der Waals surface area contributed by atoms with Crippen LogP contribution in [-0.2, 0) is 0 Å². The number of hydrogen-bond donors (Lipinski definition) is 1. The smallest absolute Gasteiger partial charge is 0.208 e. The van der Waals surface area contributed by atoms with Gasteiger partial charge in [0.15, 0.2) is 9.50 Å². The van der Waals surface area contributed by atoms with Crippen molar-refractivity contribution < 1.29 is 0 Å². The highest BCUT2D eigenvalue weighted by Gasteiger charge is 2.10. The van der Waals surface area contributed by atoms with Gasteiger partial charge in [0.25, 0.3) is 0 Å². The van der Waals surface area contributed by atoms with Crippen LogP contribution in [0.25, 0.3) is 0 Å². The first kappa shape index (κ1) is 16.3. The zero-order valence-electron chi connectivity index (χ0n) is 12.5. The fourth-order valence-corrected chi connectivity index (χ4v) is 3.55. The SMILES string of the molecule is CCCNc1cc(Sc2nnc(N(C)C)s2)nc(SC)n1. The lowest BCUT2D eigenvalue weighted by molar-refractivity contribution is 0.876. The lowest BCUT2D eigenvalue weighted by Gasteiger charge is -2.07. The van der Waals surface area contributed by atoms with Crippen molar-refractivity contribution in [2.24, 2.45) is 0 Å². The molecule has 0 aromatic carbocycles. The molecule has 0 aliphatic rings. The summed E-state index contributed by atoms with van der Waals surface area (Å²) in [4.78, 5) is 10.9. The molecule has 0 amide bonds. The summed E-state index contributed by atoms with van der Waals surface area (Å²) in [6.07, 6.45) is 3.03. The molecular weight excluding hydrogens is 324 g/mol. The van der Waals surface area contributed by atoms with Crippen LogP contribution in [0.5, 0.6) is 0 Å². The van der Waals surface area contributed by atoms with Crippen LogP contribution in [0.3, 0.4) is 0 Å². The molecule has 2 aromatic heterocycles. The van der Waals surface area contributed by atoms with Crippen molar-refractivity contribution >= 4 is 45.8 Å². The second kappa shape index (κ2) is 7.81. The van der Waals surface area contributed by atoms with E-state index in [4.69, 9.17) is 0 Å². The van der Waals surface area contributed by atoms with Gasteiger partial charge in [-0.15, -0.1) is 10.2 Å². The summed E-state index contributed by atoms with van der Waals surface area (Å²) < 4.78 is 0.880. The van der Waals surface area contributed by atoms with E-state index in [0.29, 0.717) is 0 Å². The number of nitrogens with one attached hydrogen (secondary N) is 1. The van der Waals surface area contributed by atoms with Crippen LogP contribution in [0.1, 0.15) is 13.3 Å². The summed E-state index contributed by atoms with van der Waals surface area (Å²) in [5, 5.41) is 14.2. The highest BCUT2D eigenvalue weighted by molar-refractivity contribution is 8.01. The third-order valence-corrected chi connectivity index (χ3v) is 5.00. The molecule has 0 saturated carbocycles. The van der Waals surface area contributed by atoms with E-state index in [2.05, 4.69) is 32.4 Å². The maximum atomic E-state index is 4.51. The van der Waals surface area contributed by atoms with E-state index < -0.39 is 0 Å². The van der Waals surface area contributed by atoms with Gasteiger partial charge in [-0.2, -0.15) is 0 Å². The van der Waals surface area contributed by atoms with Crippen molar-refractivity contribution in [3.8, 4) is 0 Å². The standard InChI is InChI=1S/C12H18N6S3/c1-5-6-13-8-7-9(15-10(14-8)19-4)20-12-17-16-11(21-12)18(2)3/h7H,5-6H2,1-4H3,(H,13,14,15). The minimum Gasteiger partial charge on any atom is -0.370 e. The van der Waals surface area contributed by atoms with Crippen molar-refractivity contribution in [1.82, 2.24) is 20.2 Å².